The van der Waals surface area contributed by atoms with E-state index in [-0.39, 0.29) is 13.2 Å². The molecule has 6 heteroatoms. The van der Waals surface area contributed by atoms with Crippen LogP contribution in [0, 0.1) is 0 Å². The van der Waals surface area contributed by atoms with Crippen molar-refractivity contribution in [1.82, 2.24) is 0 Å². The van der Waals surface area contributed by atoms with Crippen LogP contribution in [-0.4, -0.2) is 47.7 Å². The van der Waals surface area contributed by atoms with Gasteiger partial charge < -0.3 is 9.47 Å². The molecular weight excluding hydrogens is 220 g/mol. The van der Waals surface area contributed by atoms with Crippen LogP contribution in [0.25, 0.3) is 0 Å². The first-order valence-corrected chi connectivity index (χ1v) is 6.88. The van der Waals surface area contributed by atoms with Crippen molar-refractivity contribution >= 4 is 10.1 Å². The smallest absolute Gasteiger partial charge is 0.264 e. The fourth-order valence-electron chi connectivity index (χ4n) is 0.813. The summed E-state index contributed by atoms with van der Waals surface area (Å²) < 4.78 is 35.9. The van der Waals surface area contributed by atoms with Crippen molar-refractivity contribution in [3.05, 3.63) is 0 Å². The molecule has 0 aliphatic rings. The Morgan fingerprint density at radius 3 is 2.00 bits per heavy atom. The molecule has 15 heavy (non-hydrogen) atoms. The molecule has 0 rings (SSSR count). The second-order valence-electron chi connectivity index (χ2n) is 3.10. The van der Waals surface area contributed by atoms with Crippen molar-refractivity contribution in [2.45, 2.75) is 19.8 Å². The molecule has 0 unspecified atom stereocenters. The predicted octanol–water partition coefficient (Wildman–Crippen LogP) is 0.796. The topological polar surface area (TPSA) is 61.8 Å². The van der Waals surface area contributed by atoms with Gasteiger partial charge in [0.1, 0.15) is 0 Å². The van der Waals surface area contributed by atoms with Gasteiger partial charge in [0.15, 0.2) is 0 Å². The minimum atomic E-state index is -3.34. The van der Waals surface area contributed by atoms with Gasteiger partial charge in [0.25, 0.3) is 10.1 Å². The lowest BCUT2D eigenvalue weighted by Crippen LogP contribution is -2.12. The Bertz CT molecular complexity index is 225. The van der Waals surface area contributed by atoms with Crippen LogP contribution >= 0.6 is 0 Å². The molecule has 0 N–H and O–H groups in total. The van der Waals surface area contributed by atoms with Gasteiger partial charge in [0.05, 0.1) is 32.7 Å². The highest BCUT2D eigenvalue weighted by Gasteiger charge is 1.99. The van der Waals surface area contributed by atoms with E-state index in [1.54, 1.807) is 0 Å². The van der Waals surface area contributed by atoms with Crippen molar-refractivity contribution < 1.29 is 22.1 Å². The largest absolute Gasteiger partial charge is 0.379 e. The Morgan fingerprint density at radius 2 is 1.47 bits per heavy atom. The summed E-state index contributed by atoms with van der Waals surface area (Å²) in [6.45, 7) is 4.19. The van der Waals surface area contributed by atoms with Crippen molar-refractivity contribution in [2.75, 3.05) is 39.3 Å². The van der Waals surface area contributed by atoms with Gasteiger partial charge in [0, 0.05) is 6.61 Å². The van der Waals surface area contributed by atoms with Crippen LogP contribution in [0.3, 0.4) is 0 Å². The normalized spacial score (nSPS) is 11.9. The highest BCUT2D eigenvalue weighted by atomic mass is 32.2. The number of rotatable bonds is 10. The Balaban J connectivity index is 3.06. The molecule has 0 heterocycles. The first-order valence-electron chi connectivity index (χ1n) is 5.06. The maximum absolute atomic E-state index is 10.5. The van der Waals surface area contributed by atoms with Gasteiger partial charge in [-0.15, -0.1) is 0 Å². The molecule has 0 bridgehead atoms. The molecule has 0 saturated carbocycles. The van der Waals surface area contributed by atoms with Crippen LogP contribution < -0.4 is 0 Å². The summed E-state index contributed by atoms with van der Waals surface area (Å²) in [5, 5.41) is 0. The predicted molar refractivity (Wildman–Crippen MR) is 57.3 cm³/mol. The maximum atomic E-state index is 10.5. The standard InChI is InChI=1S/C9H20O5S/c1-3-4-5-12-6-7-13-8-9-14-15(2,10)11/h3-9H2,1-2H3. The molecule has 0 saturated heterocycles. The number of ether oxygens (including phenoxy) is 2. The third kappa shape index (κ3) is 13.8. The highest BCUT2D eigenvalue weighted by molar-refractivity contribution is 7.85. The van der Waals surface area contributed by atoms with E-state index in [1.165, 1.54) is 0 Å². The van der Waals surface area contributed by atoms with Gasteiger partial charge in [-0.05, 0) is 6.42 Å². The Hall–Kier alpha value is -0.170. The number of unbranched alkanes of at least 4 members (excludes halogenated alkanes) is 1. The summed E-state index contributed by atoms with van der Waals surface area (Å²) in [5.41, 5.74) is 0. The van der Waals surface area contributed by atoms with Gasteiger partial charge in [0.2, 0.25) is 0 Å². The van der Waals surface area contributed by atoms with E-state index in [1.807, 2.05) is 0 Å². The van der Waals surface area contributed by atoms with Crippen LogP contribution in [0.1, 0.15) is 19.8 Å². The van der Waals surface area contributed by atoms with Gasteiger partial charge in [-0.3, -0.25) is 4.18 Å². The molecule has 0 aromatic rings. The molecule has 0 radical (unpaired) electrons. The summed E-state index contributed by atoms with van der Waals surface area (Å²) in [5.74, 6) is 0. The summed E-state index contributed by atoms with van der Waals surface area (Å²) in [4.78, 5) is 0. The van der Waals surface area contributed by atoms with E-state index in [4.69, 9.17) is 9.47 Å². The van der Waals surface area contributed by atoms with Crippen molar-refractivity contribution in [3.63, 3.8) is 0 Å². The van der Waals surface area contributed by atoms with Crippen molar-refractivity contribution in [3.8, 4) is 0 Å². The molecule has 0 aliphatic carbocycles. The number of hydrogen-bond donors (Lipinski definition) is 0. The maximum Gasteiger partial charge on any atom is 0.264 e. The molecule has 92 valence electrons. The average molecular weight is 240 g/mol. The van der Waals surface area contributed by atoms with Crippen LogP contribution in [0.15, 0.2) is 0 Å². The third-order valence-electron chi connectivity index (χ3n) is 1.54. The fourth-order valence-corrected chi connectivity index (χ4v) is 1.18. The monoisotopic (exact) mass is 240 g/mol. The molecule has 0 atom stereocenters. The molecule has 0 aromatic carbocycles. The number of hydrogen-bond acceptors (Lipinski definition) is 5. The zero-order valence-corrected chi connectivity index (χ0v) is 10.2. The van der Waals surface area contributed by atoms with E-state index >= 15 is 0 Å². The highest BCUT2D eigenvalue weighted by Crippen LogP contribution is 1.89. The molecule has 5 nitrogen and oxygen atoms in total. The Kier molecular flexibility index (Phi) is 8.98. The summed E-state index contributed by atoms with van der Waals surface area (Å²) in [7, 11) is -3.34. The van der Waals surface area contributed by atoms with E-state index in [0.29, 0.717) is 13.2 Å². The van der Waals surface area contributed by atoms with E-state index in [0.717, 1.165) is 25.7 Å². The third-order valence-corrected chi connectivity index (χ3v) is 2.13. The van der Waals surface area contributed by atoms with E-state index in [2.05, 4.69) is 11.1 Å². The fraction of sp³-hybridized carbons (Fsp3) is 1.00. The van der Waals surface area contributed by atoms with Crippen LogP contribution in [0.4, 0.5) is 0 Å². The molecule has 0 aromatic heterocycles. The molecular formula is C9H20O5S. The van der Waals surface area contributed by atoms with Crippen molar-refractivity contribution in [1.29, 1.82) is 0 Å². The first kappa shape index (κ1) is 14.8. The van der Waals surface area contributed by atoms with E-state index in [9.17, 15) is 8.42 Å². The van der Waals surface area contributed by atoms with Gasteiger partial charge in [-0.2, -0.15) is 8.42 Å². The van der Waals surface area contributed by atoms with Crippen molar-refractivity contribution in [2.24, 2.45) is 0 Å². The lowest BCUT2D eigenvalue weighted by Gasteiger charge is -2.05. The van der Waals surface area contributed by atoms with E-state index < -0.39 is 10.1 Å². The SMILES string of the molecule is CCCCOCCOCCOS(C)(=O)=O. The minimum Gasteiger partial charge on any atom is -0.379 e. The molecule has 0 spiro atoms. The van der Waals surface area contributed by atoms with Crippen LogP contribution in [0.2, 0.25) is 0 Å². The lowest BCUT2D eigenvalue weighted by molar-refractivity contribution is 0.0364. The first-order chi connectivity index (χ1) is 7.06. The van der Waals surface area contributed by atoms with Crippen LogP contribution in [0.5, 0.6) is 0 Å². The molecule has 0 aliphatic heterocycles. The Labute approximate surface area is 91.8 Å². The zero-order valence-electron chi connectivity index (χ0n) is 9.40. The summed E-state index contributed by atoms with van der Waals surface area (Å²) in [6.07, 6.45) is 3.18. The molecule has 0 fully saturated rings. The van der Waals surface area contributed by atoms with Gasteiger partial charge >= 0.3 is 0 Å². The lowest BCUT2D eigenvalue weighted by atomic mass is 10.4. The van der Waals surface area contributed by atoms with Gasteiger partial charge in [-0.1, -0.05) is 13.3 Å². The second-order valence-corrected chi connectivity index (χ2v) is 4.75. The average Bonchev–Trinajstić information content (AvgIpc) is 2.14. The van der Waals surface area contributed by atoms with Gasteiger partial charge in [-0.25, -0.2) is 0 Å². The summed E-state index contributed by atoms with van der Waals surface area (Å²) >= 11 is 0. The second kappa shape index (κ2) is 9.08. The zero-order chi connectivity index (χ0) is 11.6. The Morgan fingerprint density at radius 1 is 0.933 bits per heavy atom. The minimum absolute atomic E-state index is 0.0633. The quantitative estimate of drug-likeness (QED) is 0.417. The molecule has 0 amide bonds. The van der Waals surface area contributed by atoms with Crippen LogP contribution in [-0.2, 0) is 23.8 Å². The summed E-state index contributed by atoms with van der Waals surface area (Å²) in [6, 6.07) is 0.